The molecule has 1 saturated heterocycles. The van der Waals surface area contributed by atoms with E-state index in [1.807, 2.05) is 13.0 Å². The average Bonchev–Trinajstić information content (AvgIpc) is 3.07. The lowest BCUT2D eigenvalue weighted by molar-refractivity contribution is -0.147. The van der Waals surface area contributed by atoms with Gasteiger partial charge < -0.3 is 4.74 Å². The number of nitrogens with zero attached hydrogens (tertiary/aromatic N) is 1. The highest BCUT2D eigenvalue weighted by atomic mass is 19.1. The van der Waals surface area contributed by atoms with Crippen molar-refractivity contribution in [3.8, 4) is 0 Å². The van der Waals surface area contributed by atoms with Crippen molar-refractivity contribution in [2.45, 2.75) is 13.3 Å². The second kappa shape index (κ2) is 8.64. The van der Waals surface area contributed by atoms with Crippen LogP contribution in [-0.2, 0) is 14.3 Å². The van der Waals surface area contributed by atoms with Crippen molar-refractivity contribution in [1.82, 2.24) is 10.4 Å². The fourth-order valence-electron chi connectivity index (χ4n) is 2.92. The van der Waals surface area contributed by atoms with Gasteiger partial charge in [0.1, 0.15) is 5.82 Å². The molecule has 0 saturated carbocycles. The first-order chi connectivity index (χ1) is 13.8. The highest BCUT2D eigenvalue weighted by molar-refractivity contribution is 5.99. The van der Waals surface area contributed by atoms with Crippen molar-refractivity contribution in [1.29, 1.82) is 0 Å². The van der Waals surface area contributed by atoms with Crippen LogP contribution in [0.5, 0.6) is 0 Å². The van der Waals surface area contributed by atoms with Gasteiger partial charge in [0.15, 0.2) is 12.4 Å². The summed E-state index contributed by atoms with van der Waals surface area (Å²) in [4.78, 5) is 48.6. The van der Waals surface area contributed by atoms with E-state index < -0.39 is 41.9 Å². The molecule has 1 atom stereocenters. The number of ketones is 1. The fourth-order valence-corrected chi connectivity index (χ4v) is 2.92. The predicted octanol–water partition coefficient (Wildman–Crippen LogP) is 2.05. The summed E-state index contributed by atoms with van der Waals surface area (Å²) < 4.78 is 17.9. The summed E-state index contributed by atoms with van der Waals surface area (Å²) in [5.41, 5.74) is 4.00. The number of amides is 2. The number of aryl methyl sites for hydroxylation is 1. The molecule has 2 aromatic rings. The largest absolute Gasteiger partial charge is 0.457 e. The molecule has 29 heavy (non-hydrogen) atoms. The number of ether oxygens (including phenoxy) is 1. The van der Waals surface area contributed by atoms with Crippen LogP contribution in [-0.4, -0.2) is 41.7 Å². The first-order valence-corrected chi connectivity index (χ1v) is 8.97. The Labute approximate surface area is 166 Å². The number of nitrogens with one attached hydrogen (secondary N) is 1. The summed E-state index contributed by atoms with van der Waals surface area (Å²) in [6.07, 6.45) is -0.127. The van der Waals surface area contributed by atoms with Crippen molar-refractivity contribution >= 4 is 23.6 Å². The smallest absolute Gasteiger partial charge is 0.311 e. The number of esters is 1. The number of carbonyl (C=O) groups excluding carboxylic acids is 4. The molecule has 1 aliphatic heterocycles. The van der Waals surface area contributed by atoms with E-state index in [1.54, 1.807) is 18.2 Å². The van der Waals surface area contributed by atoms with Gasteiger partial charge in [-0.2, -0.15) is 0 Å². The normalized spacial score (nSPS) is 15.9. The highest BCUT2D eigenvalue weighted by Gasteiger charge is 2.36. The summed E-state index contributed by atoms with van der Waals surface area (Å²) in [6.45, 7) is 1.29. The Morgan fingerprint density at radius 2 is 1.86 bits per heavy atom. The summed E-state index contributed by atoms with van der Waals surface area (Å²) in [5.74, 6) is -3.33. The number of carbonyl (C=O) groups is 4. The number of Topliss-reactive ketones (excluding diaryl/α,β-unsaturated/α-hetero) is 1. The van der Waals surface area contributed by atoms with E-state index in [0.717, 1.165) is 22.7 Å². The second-order valence-electron chi connectivity index (χ2n) is 6.75. The monoisotopic (exact) mass is 398 g/mol. The maximum atomic E-state index is 12.9. The third-order valence-corrected chi connectivity index (χ3v) is 4.49. The summed E-state index contributed by atoms with van der Waals surface area (Å²) in [5, 5.41) is 1.08. The molecule has 3 rings (SSSR count). The number of halogens is 1. The van der Waals surface area contributed by atoms with E-state index in [4.69, 9.17) is 4.74 Å². The van der Waals surface area contributed by atoms with Crippen molar-refractivity contribution in [2.75, 3.05) is 13.2 Å². The van der Waals surface area contributed by atoms with Crippen LogP contribution in [0.3, 0.4) is 0 Å². The zero-order valence-electron chi connectivity index (χ0n) is 15.7. The van der Waals surface area contributed by atoms with Crippen LogP contribution in [0.2, 0.25) is 0 Å². The Morgan fingerprint density at radius 3 is 2.55 bits per heavy atom. The number of rotatable bonds is 6. The number of benzene rings is 2. The standard InChI is InChI=1S/C21H19FN2O5/c1-13-3-2-4-15(9-13)20(27)23-24-11-16(10-19(24)26)21(28)29-12-18(25)14-5-7-17(22)8-6-14/h2-9,16H,10-12H2,1H3,(H,23,27). The maximum Gasteiger partial charge on any atom is 0.311 e. The first-order valence-electron chi connectivity index (χ1n) is 8.97. The van der Waals surface area contributed by atoms with Crippen LogP contribution in [0.1, 0.15) is 32.7 Å². The minimum atomic E-state index is -0.790. The van der Waals surface area contributed by atoms with Gasteiger partial charge in [0.05, 0.1) is 12.5 Å². The van der Waals surface area contributed by atoms with Gasteiger partial charge >= 0.3 is 5.97 Å². The fraction of sp³-hybridized carbons (Fsp3) is 0.238. The van der Waals surface area contributed by atoms with E-state index in [9.17, 15) is 23.6 Å². The molecule has 8 heteroatoms. The van der Waals surface area contributed by atoms with Crippen LogP contribution in [0.4, 0.5) is 4.39 Å². The Morgan fingerprint density at radius 1 is 1.14 bits per heavy atom. The Kier molecular flexibility index (Phi) is 6.01. The van der Waals surface area contributed by atoms with E-state index in [1.165, 1.54) is 12.1 Å². The lowest BCUT2D eigenvalue weighted by Gasteiger charge is -2.17. The lowest BCUT2D eigenvalue weighted by atomic mass is 10.1. The maximum absolute atomic E-state index is 12.9. The van der Waals surface area contributed by atoms with Gasteiger partial charge in [-0.15, -0.1) is 0 Å². The zero-order chi connectivity index (χ0) is 21.0. The minimum Gasteiger partial charge on any atom is -0.457 e. The van der Waals surface area contributed by atoms with Crippen molar-refractivity contribution in [2.24, 2.45) is 5.92 Å². The molecular formula is C21H19FN2O5. The summed E-state index contributed by atoms with van der Waals surface area (Å²) in [7, 11) is 0. The molecule has 0 aromatic heterocycles. The molecule has 1 unspecified atom stereocenters. The molecule has 0 radical (unpaired) electrons. The lowest BCUT2D eigenvalue weighted by Crippen LogP contribution is -2.43. The van der Waals surface area contributed by atoms with Gasteiger partial charge in [0.25, 0.3) is 5.91 Å². The van der Waals surface area contributed by atoms with Crippen LogP contribution >= 0.6 is 0 Å². The van der Waals surface area contributed by atoms with Gasteiger partial charge in [-0.05, 0) is 43.3 Å². The van der Waals surface area contributed by atoms with E-state index in [0.29, 0.717) is 5.56 Å². The van der Waals surface area contributed by atoms with Gasteiger partial charge in [-0.25, -0.2) is 4.39 Å². The number of hydrazine groups is 1. The molecular weight excluding hydrogens is 379 g/mol. The molecule has 0 aliphatic carbocycles. The zero-order valence-corrected chi connectivity index (χ0v) is 15.7. The second-order valence-corrected chi connectivity index (χ2v) is 6.75. The quantitative estimate of drug-likeness (QED) is 0.594. The van der Waals surface area contributed by atoms with E-state index >= 15 is 0 Å². The molecule has 1 N–H and O–H groups in total. The molecule has 0 spiro atoms. The molecule has 1 aliphatic rings. The molecule has 1 heterocycles. The van der Waals surface area contributed by atoms with Crippen LogP contribution in [0, 0.1) is 18.7 Å². The summed E-state index contributed by atoms with van der Waals surface area (Å²) >= 11 is 0. The first kappa shape index (κ1) is 20.2. The minimum absolute atomic E-state index is 0.0417. The Balaban J connectivity index is 1.52. The van der Waals surface area contributed by atoms with Crippen LogP contribution in [0.15, 0.2) is 48.5 Å². The summed E-state index contributed by atoms with van der Waals surface area (Å²) in [6, 6.07) is 11.8. The SMILES string of the molecule is Cc1cccc(C(=O)NN2CC(C(=O)OCC(=O)c3ccc(F)cc3)CC2=O)c1. The van der Waals surface area contributed by atoms with E-state index in [-0.39, 0.29) is 18.5 Å². The topological polar surface area (TPSA) is 92.8 Å². The predicted molar refractivity (Wildman–Crippen MR) is 100 cm³/mol. The van der Waals surface area contributed by atoms with Gasteiger partial charge in [-0.1, -0.05) is 17.7 Å². The molecule has 7 nitrogen and oxygen atoms in total. The molecule has 2 aromatic carbocycles. The van der Waals surface area contributed by atoms with Gasteiger partial charge in [0.2, 0.25) is 5.91 Å². The number of hydrogen-bond donors (Lipinski definition) is 1. The van der Waals surface area contributed by atoms with Gasteiger partial charge in [0, 0.05) is 17.5 Å². The Hall–Kier alpha value is -3.55. The number of hydrogen-bond acceptors (Lipinski definition) is 5. The average molecular weight is 398 g/mol. The molecule has 0 bridgehead atoms. The van der Waals surface area contributed by atoms with E-state index in [2.05, 4.69) is 5.43 Å². The molecule has 150 valence electrons. The third-order valence-electron chi connectivity index (χ3n) is 4.49. The Bertz CT molecular complexity index is 958. The van der Waals surface area contributed by atoms with Gasteiger partial charge in [-0.3, -0.25) is 29.6 Å². The van der Waals surface area contributed by atoms with Crippen molar-refractivity contribution < 1.29 is 28.3 Å². The molecule has 2 amide bonds. The highest BCUT2D eigenvalue weighted by Crippen LogP contribution is 2.18. The third kappa shape index (κ3) is 5.04. The van der Waals surface area contributed by atoms with Crippen molar-refractivity contribution in [3.63, 3.8) is 0 Å². The molecule has 1 fully saturated rings. The van der Waals surface area contributed by atoms with Crippen LogP contribution in [0.25, 0.3) is 0 Å². The van der Waals surface area contributed by atoms with Crippen molar-refractivity contribution in [3.05, 3.63) is 71.0 Å². The van der Waals surface area contributed by atoms with Crippen LogP contribution < -0.4 is 5.43 Å².